The number of hydrogen-bond acceptors (Lipinski definition) is 6. The molecule has 0 aliphatic heterocycles. The fraction of sp³-hybridized carbons (Fsp3) is 0. The number of ether oxygens (including phenoxy) is 1. The van der Waals surface area contributed by atoms with Gasteiger partial charge >= 0.3 is 0 Å². The molecule has 0 radical (unpaired) electrons. The van der Waals surface area contributed by atoms with Crippen LogP contribution in [0.25, 0.3) is 0 Å². The van der Waals surface area contributed by atoms with E-state index >= 15 is 0 Å². The quantitative estimate of drug-likeness (QED) is 0.755. The third-order valence-electron chi connectivity index (χ3n) is 2.91. The highest BCUT2D eigenvalue weighted by molar-refractivity contribution is 6.31. The van der Waals surface area contributed by atoms with Crippen LogP contribution in [0.2, 0.25) is 5.02 Å². The summed E-state index contributed by atoms with van der Waals surface area (Å²) < 4.78 is 5.54. The van der Waals surface area contributed by atoms with E-state index in [2.05, 4.69) is 20.3 Å². The first-order valence-electron chi connectivity index (χ1n) is 6.89. The smallest absolute Gasteiger partial charge is 0.256 e. The zero-order valence-electron chi connectivity index (χ0n) is 12.3. The van der Waals surface area contributed by atoms with Crippen LogP contribution in [0, 0.1) is 0 Å². The van der Waals surface area contributed by atoms with Crippen LogP contribution in [0.3, 0.4) is 0 Å². The van der Waals surface area contributed by atoms with Gasteiger partial charge in [0.1, 0.15) is 11.6 Å². The van der Waals surface area contributed by atoms with Crippen molar-refractivity contribution in [3.63, 3.8) is 0 Å². The number of aromatic nitrogens is 3. The molecule has 3 rings (SSSR count). The first-order chi connectivity index (χ1) is 11.6. The number of pyridine rings is 1. The molecule has 0 fully saturated rings. The molecular weight excluding hydrogens is 330 g/mol. The topological polar surface area (TPSA) is 103 Å². The Kier molecular flexibility index (Phi) is 4.53. The molecule has 8 heteroatoms. The van der Waals surface area contributed by atoms with Gasteiger partial charge in [-0.3, -0.25) is 9.78 Å². The average molecular weight is 342 g/mol. The second kappa shape index (κ2) is 6.93. The first-order valence-corrected chi connectivity index (χ1v) is 7.27. The lowest BCUT2D eigenvalue weighted by Crippen LogP contribution is -2.14. The van der Waals surface area contributed by atoms with Gasteiger partial charge in [-0.25, -0.2) is 0 Å². The molecule has 0 unspecified atom stereocenters. The van der Waals surface area contributed by atoms with E-state index in [1.807, 2.05) is 0 Å². The maximum atomic E-state index is 12.2. The van der Waals surface area contributed by atoms with Gasteiger partial charge in [0.25, 0.3) is 5.91 Å². The van der Waals surface area contributed by atoms with Gasteiger partial charge in [-0.1, -0.05) is 17.7 Å². The Morgan fingerprint density at radius 3 is 2.79 bits per heavy atom. The third kappa shape index (κ3) is 3.96. The van der Waals surface area contributed by atoms with Crippen LogP contribution in [0.4, 0.5) is 11.8 Å². The summed E-state index contributed by atoms with van der Waals surface area (Å²) in [7, 11) is 0. The molecule has 0 saturated carbocycles. The number of nitrogen functional groups attached to an aromatic ring is 1. The lowest BCUT2D eigenvalue weighted by atomic mass is 10.2. The molecule has 0 spiro atoms. The fourth-order valence-electron chi connectivity index (χ4n) is 1.91. The number of carbonyl (C=O) groups excluding carboxylic acids is 1. The van der Waals surface area contributed by atoms with E-state index in [0.29, 0.717) is 16.3 Å². The van der Waals surface area contributed by atoms with Crippen molar-refractivity contribution in [2.24, 2.45) is 0 Å². The molecule has 0 saturated heterocycles. The molecule has 0 atom stereocenters. The number of nitrogens with zero attached hydrogens (tertiary/aromatic N) is 3. The molecule has 7 nitrogen and oxygen atoms in total. The highest BCUT2D eigenvalue weighted by Crippen LogP contribution is 2.22. The zero-order chi connectivity index (χ0) is 16.9. The SMILES string of the molecule is Nc1nc(NC(=O)c2cccc(Cl)c2)cc(Oc2cccnc2)n1. The average Bonchev–Trinajstić information content (AvgIpc) is 2.55. The summed E-state index contributed by atoms with van der Waals surface area (Å²) in [4.78, 5) is 24.1. The summed E-state index contributed by atoms with van der Waals surface area (Å²) in [6.07, 6.45) is 3.15. The van der Waals surface area contributed by atoms with Gasteiger partial charge in [-0.2, -0.15) is 9.97 Å². The molecule has 120 valence electrons. The summed E-state index contributed by atoms with van der Waals surface area (Å²) in [5.74, 6) is 0.492. The number of nitrogens with one attached hydrogen (secondary N) is 1. The van der Waals surface area contributed by atoms with E-state index in [1.165, 1.54) is 12.3 Å². The monoisotopic (exact) mass is 341 g/mol. The Morgan fingerprint density at radius 1 is 1.17 bits per heavy atom. The number of anilines is 2. The van der Waals surface area contributed by atoms with E-state index in [-0.39, 0.29) is 23.6 Å². The Morgan fingerprint density at radius 2 is 2.04 bits per heavy atom. The van der Waals surface area contributed by atoms with Gasteiger partial charge in [-0.15, -0.1) is 0 Å². The Hall–Kier alpha value is -3.19. The van der Waals surface area contributed by atoms with Gasteiger partial charge in [-0.05, 0) is 30.3 Å². The highest BCUT2D eigenvalue weighted by atomic mass is 35.5. The van der Waals surface area contributed by atoms with Crippen molar-refractivity contribution in [2.45, 2.75) is 0 Å². The summed E-state index contributed by atoms with van der Waals surface area (Å²) >= 11 is 5.88. The van der Waals surface area contributed by atoms with Crippen LogP contribution in [0.5, 0.6) is 11.6 Å². The molecule has 1 amide bonds. The predicted molar refractivity (Wildman–Crippen MR) is 90.2 cm³/mol. The summed E-state index contributed by atoms with van der Waals surface area (Å²) in [5, 5.41) is 3.09. The number of benzene rings is 1. The van der Waals surface area contributed by atoms with E-state index < -0.39 is 0 Å². The molecule has 0 aliphatic carbocycles. The minimum atomic E-state index is -0.372. The molecular formula is C16H12ClN5O2. The van der Waals surface area contributed by atoms with E-state index in [0.717, 1.165) is 0 Å². The summed E-state index contributed by atoms with van der Waals surface area (Å²) in [5.41, 5.74) is 6.06. The van der Waals surface area contributed by atoms with Crippen LogP contribution < -0.4 is 15.8 Å². The van der Waals surface area contributed by atoms with Crippen molar-refractivity contribution in [3.05, 3.63) is 65.4 Å². The van der Waals surface area contributed by atoms with Crippen LogP contribution in [0.15, 0.2) is 54.9 Å². The van der Waals surface area contributed by atoms with Gasteiger partial charge in [0.15, 0.2) is 0 Å². The first kappa shape index (κ1) is 15.7. The van der Waals surface area contributed by atoms with Gasteiger partial charge < -0.3 is 15.8 Å². The van der Waals surface area contributed by atoms with Crippen molar-refractivity contribution in [2.75, 3.05) is 11.1 Å². The fourth-order valence-corrected chi connectivity index (χ4v) is 2.10. The lowest BCUT2D eigenvalue weighted by Gasteiger charge is -2.08. The van der Waals surface area contributed by atoms with Crippen LogP contribution >= 0.6 is 11.6 Å². The van der Waals surface area contributed by atoms with Crippen LogP contribution in [0.1, 0.15) is 10.4 Å². The molecule has 1 aromatic carbocycles. The number of rotatable bonds is 4. The molecule has 0 bridgehead atoms. The van der Waals surface area contributed by atoms with Crippen molar-refractivity contribution >= 4 is 29.3 Å². The van der Waals surface area contributed by atoms with Crippen LogP contribution in [-0.2, 0) is 0 Å². The Labute approximate surface area is 142 Å². The van der Waals surface area contributed by atoms with E-state index in [4.69, 9.17) is 22.1 Å². The standard InChI is InChI=1S/C16H12ClN5O2/c17-11-4-1-3-10(7-11)15(23)20-13-8-14(22-16(18)21-13)24-12-5-2-6-19-9-12/h1-9H,(H3,18,20,21,22,23). The minimum absolute atomic E-state index is 0.0298. The van der Waals surface area contributed by atoms with Gasteiger partial charge in [0, 0.05) is 22.8 Å². The maximum Gasteiger partial charge on any atom is 0.256 e. The maximum absolute atomic E-state index is 12.2. The van der Waals surface area contributed by atoms with Gasteiger partial charge in [0.2, 0.25) is 11.8 Å². The molecule has 0 aliphatic rings. The van der Waals surface area contributed by atoms with Crippen LogP contribution in [-0.4, -0.2) is 20.9 Å². The number of carbonyl (C=O) groups is 1. The molecule has 3 N–H and O–H groups in total. The lowest BCUT2D eigenvalue weighted by molar-refractivity contribution is 0.102. The number of amides is 1. The summed E-state index contributed by atoms with van der Waals surface area (Å²) in [6, 6.07) is 11.5. The van der Waals surface area contributed by atoms with Gasteiger partial charge in [0.05, 0.1) is 6.20 Å². The normalized spacial score (nSPS) is 10.2. The molecule has 3 aromatic rings. The summed E-state index contributed by atoms with van der Waals surface area (Å²) in [6.45, 7) is 0. The van der Waals surface area contributed by atoms with Crippen molar-refractivity contribution in [1.29, 1.82) is 0 Å². The number of nitrogens with two attached hydrogens (primary N) is 1. The number of halogens is 1. The van der Waals surface area contributed by atoms with E-state index in [9.17, 15) is 4.79 Å². The van der Waals surface area contributed by atoms with Crippen molar-refractivity contribution in [1.82, 2.24) is 15.0 Å². The number of hydrogen-bond donors (Lipinski definition) is 2. The zero-order valence-corrected chi connectivity index (χ0v) is 13.1. The second-order valence-electron chi connectivity index (χ2n) is 4.70. The second-order valence-corrected chi connectivity index (χ2v) is 5.14. The Bertz CT molecular complexity index is 873. The van der Waals surface area contributed by atoms with E-state index in [1.54, 1.807) is 42.6 Å². The third-order valence-corrected chi connectivity index (χ3v) is 3.14. The van der Waals surface area contributed by atoms with Crippen molar-refractivity contribution < 1.29 is 9.53 Å². The predicted octanol–water partition coefficient (Wildman–Crippen LogP) is 3.15. The largest absolute Gasteiger partial charge is 0.437 e. The highest BCUT2D eigenvalue weighted by Gasteiger charge is 2.10. The Balaban J connectivity index is 1.80. The minimum Gasteiger partial charge on any atom is -0.437 e. The molecule has 2 heterocycles. The van der Waals surface area contributed by atoms with Crippen molar-refractivity contribution in [3.8, 4) is 11.6 Å². The molecule has 2 aromatic heterocycles. The molecule has 24 heavy (non-hydrogen) atoms.